The molecule has 2 aromatic carbocycles. The highest BCUT2D eigenvalue weighted by Crippen LogP contribution is 2.20. The molecular formula is C18H18BrFN2O3S. The van der Waals surface area contributed by atoms with Crippen LogP contribution in [0, 0.1) is 5.82 Å². The van der Waals surface area contributed by atoms with Crippen molar-refractivity contribution in [3.63, 3.8) is 0 Å². The second-order valence-electron chi connectivity index (χ2n) is 6.04. The molecule has 0 aromatic heterocycles. The fourth-order valence-electron chi connectivity index (χ4n) is 2.82. The van der Waals surface area contributed by atoms with E-state index in [1.807, 2.05) is 0 Å². The highest BCUT2D eigenvalue weighted by molar-refractivity contribution is 9.10. The fraction of sp³-hybridized carbons (Fsp3) is 0.278. The highest BCUT2D eigenvalue weighted by Gasteiger charge is 2.30. The first-order valence-electron chi connectivity index (χ1n) is 8.14. The summed E-state index contributed by atoms with van der Waals surface area (Å²) in [5.74, 6) is -0.426. The molecule has 0 saturated carbocycles. The van der Waals surface area contributed by atoms with Gasteiger partial charge in [0.2, 0.25) is 15.9 Å². The summed E-state index contributed by atoms with van der Waals surface area (Å²) in [6.07, 6.45) is 0.180. The summed E-state index contributed by atoms with van der Waals surface area (Å²) >= 11 is 3.29. The van der Waals surface area contributed by atoms with Crippen LogP contribution < -0.4 is 0 Å². The predicted molar refractivity (Wildman–Crippen MR) is 99.6 cm³/mol. The van der Waals surface area contributed by atoms with Crippen molar-refractivity contribution >= 4 is 31.9 Å². The lowest BCUT2D eigenvalue weighted by atomic mass is 10.1. The molecule has 0 bridgehead atoms. The lowest BCUT2D eigenvalue weighted by molar-refractivity contribution is -0.131. The predicted octanol–water partition coefficient (Wildman–Crippen LogP) is 2.66. The van der Waals surface area contributed by atoms with Crippen molar-refractivity contribution in [2.24, 2.45) is 0 Å². The third-order valence-electron chi connectivity index (χ3n) is 4.31. The first-order valence-corrected chi connectivity index (χ1v) is 10.4. The van der Waals surface area contributed by atoms with Gasteiger partial charge in [0.1, 0.15) is 5.82 Å². The Kier molecular flexibility index (Phi) is 5.74. The second kappa shape index (κ2) is 7.85. The molecule has 1 fully saturated rings. The van der Waals surface area contributed by atoms with Crippen molar-refractivity contribution < 1.29 is 17.6 Å². The van der Waals surface area contributed by atoms with Gasteiger partial charge in [-0.3, -0.25) is 4.79 Å². The van der Waals surface area contributed by atoms with E-state index in [4.69, 9.17) is 0 Å². The van der Waals surface area contributed by atoms with Gasteiger partial charge in [-0.1, -0.05) is 28.1 Å². The standard InChI is InChI=1S/C18H18BrFN2O3S/c19-15-3-7-17(8-4-15)26(24,25)22-11-9-21(10-12-22)18(23)13-14-1-5-16(20)6-2-14/h1-8H,9-13H2. The van der Waals surface area contributed by atoms with Crippen LogP contribution in [0.15, 0.2) is 57.9 Å². The summed E-state index contributed by atoms with van der Waals surface area (Å²) in [6, 6.07) is 12.3. The van der Waals surface area contributed by atoms with Gasteiger partial charge in [-0.25, -0.2) is 12.8 Å². The molecule has 0 unspecified atom stereocenters. The van der Waals surface area contributed by atoms with Crippen molar-refractivity contribution in [2.45, 2.75) is 11.3 Å². The van der Waals surface area contributed by atoms with E-state index in [2.05, 4.69) is 15.9 Å². The molecule has 26 heavy (non-hydrogen) atoms. The molecule has 0 N–H and O–H groups in total. The van der Waals surface area contributed by atoms with E-state index in [1.165, 1.54) is 16.4 Å². The molecule has 0 aliphatic carbocycles. The van der Waals surface area contributed by atoms with Crippen molar-refractivity contribution in [2.75, 3.05) is 26.2 Å². The molecular weight excluding hydrogens is 423 g/mol. The van der Waals surface area contributed by atoms with Crippen LogP contribution in [0.1, 0.15) is 5.56 Å². The second-order valence-corrected chi connectivity index (χ2v) is 8.90. The Morgan fingerprint density at radius 2 is 1.54 bits per heavy atom. The summed E-state index contributed by atoms with van der Waals surface area (Å²) in [4.78, 5) is 14.3. The third kappa shape index (κ3) is 4.31. The average molecular weight is 441 g/mol. The Labute approximate surface area is 160 Å². The molecule has 0 radical (unpaired) electrons. The van der Waals surface area contributed by atoms with Gasteiger partial charge in [-0.05, 0) is 42.0 Å². The van der Waals surface area contributed by atoms with Crippen LogP contribution in [-0.2, 0) is 21.2 Å². The van der Waals surface area contributed by atoms with Crippen LogP contribution in [0.2, 0.25) is 0 Å². The summed E-state index contributed by atoms with van der Waals surface area (Å²) < 4.78 is 40.5. The van der Waals surface area contributed by atoms with E-state index in [1.54, 1.807) is 41.3 Å². The number of rotatable bonds is 4. The zero-order chi connectivity index (χ0) is 18.7. The monoisotopic (exact) mass is 440 g/mol. The molecule has 1 amide bonds. The number of carbonyl (C=O) groups is 1. The van der Waals surface area contributed by atoms with E-state index in [-0.39, 0.29) is 36.1 Å². The zero-order valence-electron chi connectivity index (χ0n) is 13.9. The number of hydrogen-bond acceptors (Lipinski definition) is 3. The number of sulfonamides is 1. The molecule has 1 heterocycles. The van der Waals surface area contributed by atoms with Crippen molar-refractivity contribution in [3.8, 4) is 0 Å². The molecule has 5 nitrogen and oxygen atoms in total. The number of amides is 1. The third-order valence-corrected chi connectivity index (χ3v) is 6.75. The topological polar surface area (TPSA) is 57.7 Å². The van der Waals surface area contributed by atoms with E-state index < -0.39 is 10.0 Å². The quantitative estimate of drug-likeness (QED) is 0.733. The maximum absolute atomic E-state index is 12.9. The maximum Gasteiger partial charge on any atom is 0.243 e. The highest BCUT2D eigenvalue weighted by atomic mass is 79.9. The lowest BCUT2D eigenvalue weighted by Gasteiger charge is -2.34. The van der Waals surface area contributed by atoms with Crippen molar-refractivity contribution in [1.82, 2.24) is 9.21 Å². The average Bonchev–Trinajstić information content (AvgIpc) is 2.64. The van der Waals surface area contributed by atoms with Crippen LogP contribution >= 0.6 is 15.9 Å². The summed E-state index contributed by atoms with van der Waals surface area (Å²) in [5.41, 5.74) is 0.737. The molecule has 1 aliphatic rings. The molecule has 1 saturated heterocycles. The van der Waals surface area contributed by atoms with Crippen LogP contribution in [0.4, 0.5) is 4.39 Å². The Morgan fingerprint density at radius 1 is 0.962 bits per heavy atom. The van der Waals surface area contributed by atoms with Gasteiger partial charge in [-0.2, -0.15) is 4.31 Å². The zero-order valence-corrected chi connectivity index (χ0v) is 16.3. The normalized spacial score (nSPS) is 15.8. The van der Waals surface area contributed by atoms with Gasteiger partial charge in [0.25, 0.3) is 0 Å². The summed E-state index contributed by atoms with van der Waals surface area (Å²) in [6.45, 7) is 1.20. The molecule has 0 atom stereocenters. The Morgan fingerprint density at radius 3 is 2.12 bits per heavy atom. The van der Waals surface area contributed by atoms with E-state index in [0.29, 0.717) is 13.1 Å². The SMILES string of the molecule is O=C(Cc1ccc(F)cc1)N1CCN(S(=O)(=O)c2ccc(Br)cc2)CC1. The van der Waals surface area contributed by atoms with Gasteiger partial charge < -0.3 is 4.90 Å². The molecule has 3 rings (SSSR count). The largest absolute Gasteiger partial charge is 0.340 e. The van der Waals surface area contributed by atoms with Crippen molar-refractivity contribution in [1.29, 1.82) is 0 Å². The summed E-state index contributed by atoms with van der Waals surface area (Å²) in [7, 11) is -3.56. The molecule has 2 aromatic rings. The van der Waals surface area contributed by atoms with Gasteiger partial charge >= 0.3 is 0 Å². The van der Waals surface area contributed by atoms with Gasteiger partial charge in [0.15, 0.2) is 0 Å². The lowest BCUT2D eigenvalue weighted by Crippen LogP contribution is -2.50. The Balaban J connectivity index is 1.60. The number of hydrogen-bond donors (Lipinski definition) is 0. The minimum atomic E-state index is -3.56. The first kappa shape index (κ1) is 19.0. The number of piperazine rings is 1. The van der Waals surface area contributed by atoms with Crippen LogP contribution in [-0.4, -0.2) is 49.7 Å². The van der Waals surface area contributed by atoms with Crippen LogP contribution in [0.25, 0.3) is 0 Å². The minimum absolute atomic E-state index is 0.0858. The van der Waals surface area contributed by atoms with Gasteiger partial charge in [-0.15, -0.1) is 0 Å². The smallest absolute Gasteiger partial charge is 0.243 e. The Bertz CT molecular complexity index is 878. The van der Waals surface area contributed by atoms with E-state index in [9.17, 15) is 17.6 Å². The first-order chi connectivity index (χ1) is 12.4. The van der Waals surface area contributed by atoms with Crippen LogP contribution in [0.3, 0.4) is 0 Å². The van der Waals surface area contributed by atoms with E-state index in [0.717, 1.165) is 10.0 Å². The molecule has 0 spiro atoms. The Hall–Kier alpha value is -1.77. The molecule has 8 heteroatoms. The molecule has 1 aliphatic heterocycles. The number of nitrogens with zero attached hydrogens (tertiary/aromatic N) is 2. The number of carbonyl (C=O) groups excluding carboxylic acids is 1. The van der Waals surface area contributed by atoms with Gasteiger partial charge in [0, 0.05) is 30.7 Å². The number of halogens is 2. The van der Waals surface area contributed by atoms with Crippen molar-refractivity contribution in [3.05, 3.63) is 64.4 Å². The number of benzene rings is 2. The van der Waals surface area contributed by atoms with Crippen LogP contribution in [0.5, 0.6) is 0 Å². The van der Waals surface area contributed by atoms with Gasteiger partial charge in [0.05, 0.1) is 11.3 Å². The summed E-state index contributed by atoms with van der Waals surface area (Å²) in [5, 5.41) is 0. The minimum Gasteiger partial charge on any atom is -0.340 e. The van der Waals surface area contributed by atoms with E-state index >= 15 is 0 Å². The fourth-order valence-corrected chi connectivity index (χ4v) is 4.51. The molecule has 138 valence electrons. The maximum atomic E-state index is 12.9.